The molecule has 6 nitrogen and oxygen atoms in total. The van der Waals surface area contributed by atoms with Crippen molar-refractivity contribution in [2.24, 2.45) is 5.92 Å². The molecule has 1 fully saturated rings. The van der Waals surface area contributed by atoms with Gasteiger partial charge in [-0.25, -0.2) is 0 Å². The molecule has 2 atom stereocenters. The number of likely N-dealkylation sites (tertiary alicyclic amines) is 1. The van der Waals surface area contributed by atoms with Crippen LogP contribution >= 0.6 is 0 Å². The fourth-order valence-electron chi connectivity index (χ4n) is 4.54. The van der Waals surface area contributed by atoms with Crippen molar-refractivity contribution in [1.82, 2.24) is 19.6 Å². The van der Waals surface area contributed by atoms with Gasteiger partial charge in [-0.1, -0.05) is 30.3 Å². The summed E-state index contributed by atoms with van der Waals surface area (Å²) in [6, 6.07) is 9.99. The van der Waals surface area contributed by atoms with Crippen LogP contribution in [0.5, 0.6) is 0 Å². The highest BCUT2D eigenvalue weighted by Gasteiger charge is 2.39. The molecule has 1 aromatic carbocycles. The number of hydrogen-bond donors (Lipinski definition) is 0. The Morgan fingerprint density at radius 3 is 2.62 bits per heavy atom. The number of nitrogens with zero attached hydrogens (tertiary/aromatic N) is 4. The van der Waals surface area contributed by atoms with Crippen molar-refractivity contribution in [2.45, 2.75) is 58.7 Å². The minimum atomic E-state index is -0.257. The molecule has 1 aromatic heterocycles. The van der Waals surface area contributed by atoms with E-state index in [-0.39, 0.29) is 29.3 Å². The molecule has 2 aromatic rings. The van der Waals surface area contributed by atoms with Gasteiger partial charge in [0.25, 0.3) is 0 Å². The number of aromatic nitrogens is 2. The van der Waals surface area contributed by atoms with Crippen molar-refractivity contribution in [3.8, 4) is 0 Å². The van der Waals surface area contributed by atoms with Gasteiger partial charge in [-0.15, -0.1) is 0 Å². The van der Waals surface area contributed by atoms with E-state index in [0.29, 0.717) is 26.1 Å². The average Bonchev–Trinajstić information content (AvgIpc) is 3.30. The molecule has 29 heavy (non-hydrogen) atoms. The molecule has 0 aliphatic carbocycles. The van der Waals surface area contributed by atoms with Crippen molar-refractivity contribution in [1.29, 1.82) is 0 Å². The summed E-state index contributed by atoms with van der Waals surface area (Å²) in [6.07, 6.45) is 3.01. The van der Waals surface area contributed by atoms with Gasteiger partial charge in [0.1, 0.15) is 0 Å². The number of carbonyl (C=O) groups excluding carboxylic acids is 2. The molecule has 4 rings (SSSR count). The Labute approximate surface area is 172 Å². The first-order valence-electron chi connectivity index (χ1n) is 10.4. The van der Waals surface area contributed by atoms with E-state index in [1.54, 1.807) is 0 Å². The summed E-state index contributed by atoms with van der Waals surface area (Å²) in [5.41, 5.74) is 3.39. The third kappa shape index (κ3) is 3.68. The summed E-state index contributed by atoms with van der Waals surface area (Å²) < 4.78 is 2.08. The van der Waals surface area contributed by atoms with Crippen LogP contribution in [0.3, 0.4) is 0 Å². The number of carbonyl (C=O) groups is 2. The molecular formula is C23H30N4O2. The summed E-state index contributed by atoms with van der Waals surface area (Å²) in [6.45, 7) is 10.2. The highest BCUT2D eigenvalue weighted by molar-refractivity contribution is 5.89. The smallest absolute Gasteiger partial charge is 0.228 e. The second kappa shape index (κ2) is 7.32. The lowest BCUT2D eigenvalue weighted by Crippen LogP contribution is -2.41. The second-order valence-electron chi connectivity index (χ2n) is 9.24. The monoisotopic (exact) mass is 394 g/mol. The fraction of sp³-hybridized carbons (Fsp3) is 0.522. The van der Waals surface area contributed by atoms with Gasteiger partial charge in [0.05, 0.1) is 23.7 Å². The number of rotatable bonds is 3. The lowest BCUT2D eigenvalue weighted by atomic mass is 10.0. The Kier molecular flexibility index (Phi) is 4.97. The van der Waals surface area contributed by atoms with E-state index in [1.165, 1.54) is 5.69 Å². The molecule has 2 aliphatic rings. The molecule has 154 valence electrons. The van der Waals surface area contributed by atoms with Gasteiger partial charge < -0.3 is 9.80 Å². The summed E-state index contributed by atoms with van der Waals surface area (Å²) >= 11 is 0. The van der Waals surface area contributed by atoms with Crippen molar-refractivity contribution in [2.75, 3.05) is 13.1 Å². The van der Waals surface area contributed by atoms with Crippen LogP contribution in [0.25, 0.3) is 0 Å². The molecule has 2 aliphatic heterocycles. The topological polar surface area (TPSA) is 58.4 Å². The number of fused-ring (bicyclic) bond motifs is 1. The molecule has 2 unspecified atom stereocenters. The Hall–Kier alpha value is -2.63. The Morgan fingerprint density at radius 1 is 1.21 bits per heavy atom. The largest absolute Gasteiger partial charge is 0.338 e. The summed E-state index contributed by atoms with van der Waals surface area (Å²) in [5.74, 6) is -0.0962. The summed E-state index contributed by atoms with van der Waals surface area (Å²) in [4.78, 5) is 29.6. The molecule has 6 heteroatoms. The van der Waals surface area contributed by atoms with E-state index in [2.05, 4.69) is 30.6 Å². The number of hydrogen-bond acceptors (Lipinski definition) is 3. The lowest BCUT2D eigenvalue weighted by Gasteiger charge is -2.32. The van der Waals surface area contributed by atoms with Crippen LogP contribution < -0.4 is 0 Å². The quantitative estimate of drug-likeness (QED) is 0.804. The molecule has 0 spiro atoms. The van der Waals surface area contributed by atoms with E-state index in [0.717, 1.165) is 17.5 Å². The molecular weight excluding hydrogens is 364 g/mol. The van der Waals surface area contributed by atoms with Crippen molar-refractivity contribution in [3.05, 3.63) is 53.3 Å². The van der Waals surface area contributed by atoms with Crippen LogP contribution in [0, 0.1) is 5.92 Å². The number of amides is 2. The van der Waals surface area contributed by atoms with E-state index < -0.39 is 0 Å². The molecule has 0 radical (unpaired) electrons. The standard InChI is InChI=1S/C23H30N4O2/c1-16(17-8-6-5-7-9-17)26-15-18(12-21(26)28)22(29)25-11-10-20-19(14-25)13-24-27(20)23(2,3)4/h5-9,13,16,18H,10-12,14-15H2,1-4H3. The van der Waals surface area contributed by atoms with Gasteiger partial charge in [0.2, 0.25) is 11.8 Å². The van der Waals surface area contributed by atoms with Crippen LogP contribution in [-0.2, 0) is 28.1 Å². The molecule has 1 saturated heterocycles. The zero-order valence-corrected chi connectivity index (χ0v) is 17.8. The van der Waals surface area contributed by atoms with E-state index in [9.17, 15) is 9.59 Å². The van der Waals surface area contributed by atoms with Crippen LogP contribution in [-0.4, -0.2) is 44.5 Å². The van der Waals surface area contributed by atoms with Gasteiger partial charge in [-0.2, -0.15) is 5.10 Å². The minimum absolute atomic E-state index is 0.0144. The Bertz CT molecular complexity index is 913. The zero-order chi connectivity index (χ0) is 20.8. The van der Waals surface area contributed by atoms with Gasteiger partial charge in [-0.05, 0) is 33.3 Å². The van der Waals surface area contributed by atoms with E-state index >= 15 is 0 Å². The third-order valence-electron chi connectivity index (χ3n) is 6.14. The maximum Gasteiger partial charge on any atom is 0.228 e. The molecule has 0 bridgehead atoms. The van der Waals surface area contributed by atoms with Gasteiger partial charge >= 0.3 is 0 Å². The maximum atomic E-state index is 13.2. The predicted octanol–water partition coefficient (Wildman–Crippen LogP) is 3.13. The predicted molar refractivity (Wildman–Crippen MR) is 111 cm³/mol. The second-order valence-corrected chi connectivity index (χ2v) is 9.24. The Balaban J connectivity index is 1.44. The van der Waals surface area contributed by atoms with Crippen LogP contribution in [0.4, 0.5) is 0 Å². The van der Waals surface area contributed by atoms with E-state index in [4.69, 9.17) is 0 Å². The van der Waals surface area contributed by atoms with Crippen molar-refractivity contribution in [3.63, 3.8) is 0 Å². The first-order valence-corrected chi connectivity index (χ1v) is 10.4. The van der Waals surface area contributed by atoms with E-state index in [1.807, 2.05) is 53.3 Å². The van der Waals surface area contributed by atoms with Gasteiger partial charge in [0.15, 0.2) is 0 Å². The molecule has 0 saturated carbocycles. The SMILES string of the molecule is CC(c1ccccc1)N1CC(C(=O)N2CCc3c(cnn3C(C)(C)C)C2)CC1=O. The highest BCUT2D eigenvalue weighted by atomic mass is 16.2. The zero-order valence-electron chi connectivity index (χ0n) is 17.8. The first-order chi connectivity index (χ1) is 13.8. The van der Waals surface area contributed by atoms with Crippen molar-refractivity contribution < 1.29 is 9.59 Å². The first kappa shape index (κ1) is 19.7. The van der Waals surface area contributed by atoms with Crippen LogP contribution in [0.15, 0.2) is 36.5 Å². The normalized spacial score (nSPS) is 20.7. The maximum absolute atomic E-state index is 13.2. The van der Waals surface area contributed by atoms with Crippen LogP contribution in [0.1, 0.15) is 57.0 Å². The average molecular weight is 395 g/mol. The Morgan fingerprint density at radius 2 is 1.93 bits per heavy atom. The van der Waals surface area contributed by atoms with Gasteiger partial charge in [0, 0.05) is 43.7 Å². The molecule has 0 N–H and O–H groups in total. The molecule has 2 amide bonds. The third-order valence-corrected chi connectivity index (χ3v) is 6.14. The van der Waals surface area contributed by atoms with Crippen LogP contribution in [0.2, 0.25) is 0 Å². The summed E-state index contributed by atoms with van der Waals surface area (Å²) in [7, 11) is 0. The highest BCUT2D eigenvalue weighted by Crippen LogP contribution is 2.31. The molecule has 3 heterocycles. The van der Waals surface area contributed by atoms with Crippen molar-refractivity contribution >= 4 is 11.8 Å². The number of benzene rings is 1. The fourth-order valence-corrected chi connectivity index (χ4v) is 4.54. The minimum Gasteiger partial charge on any atom is -0.338 e. The van der Waals surface area contributed by atoms with Gasteiger partial charge in [-0.3, -0.25) is 14.3 Å². The summed E-state index contributed by atoms with van der Waals surface area (Å²) in [5, 5.41) is 4.56. The lowest BCUT2D eigenvalue weighted by molar-refractivity contribution is -0.136.